The molecule has 2 nitrogen and oxygen atoms in total. The lowest BCUT2D eigenvalue weighted by molar-refractivity contribution is -0.120. The Labute approximate surface area is 66.7 Å². The molecule has 1 unspecified atom stereocenters. The minimum atomic E-state index is -2.90. The van der Waals surface area contributed by atoms with Crippen LogP contribution >= 0.6 is 11.6 Å². The van der Waals surface area contributed by atoms with Crippen molar-refractivity contribution in [3.05, 3.63) is 0 Å². The van der Waals surface area contributed by atoms with E-state index in [-0.39, 0.29) is 0 Å². The van der Waals surface area contributed by atoms with Crippen LogP contribution in [0.2, 0.25) is 0 Å². The average molecular weight is 190 g/mol. The van der Waals surface area contributed by atoms with Gasteiger partial charge in [0.25, 0.3) is 6.43 Å². The molecular formula is C5H7ClF3NO. The van der Waals surface area contributed by atoms with Crippen LogP contribution < -0.4 is 5.32 Å². The third kappa shape index (κ3) is 4.08. The number of nitrogens with one attached hydrogen (secondary N) is 1. The Morgan fingerprint density at radius 2 is 2.09 bits per heavy atom. The van der Waals surface area contributed by atoms with Gasteiger partial charge in [0.15, 0.2) is 0 Å². The van der Waals surface area contributed by atoms with E-state index >= 15 is 0 Å². The van der Waals surface area contributed by atoms with Gasteiger partial charge in [-0.15, -0.1) is 11.6 Å². The topological polar surface area (TPSA) is 29.1 Å². The summed E-state index contributed by atoms with van der Waals surface area (Å²) >= 11 is 4.98. The minimum absolute atomic E-state index is 0.441. The molecule has 1 amide bonds. The Kier molecular flexibility index (Phi) is 5.02. The molecule has 0 heterocycles. The second kappa shape index (κ2) is 5.23. The van der Waals surface area contributed by atoms with Crippen LogP contribution in [0.3, 0.4) is 0 Å². The maximum Gasteiger partial charge on any atom is 0.261 e. The van der Waals surface area contributed by atoms with Gasteiger partial charge in [-0.2, -0.15) is 0 Å². The van der Waals surface area contributed by atoms with Gasteiger partial charge in [-0.1, -0.05) is 0 Å². The molecule has 0 saturated heterocycles. The highest BCUT2D eigenvalue weighted by Crippen LogP contribution is 2.01. The van der Waals surface area contributed by atoms with E-state index in [1.54, 1.807) is 5.32 Å². The smallest absolute Gasteiger partial charge is 0.261 e. The lowest BCUT2D eigenvalue weighted by atomic mass is 10.3. The van der Waals surface area contributed by atoms with E-state index in [9.17, 15) is 18.0 Å². The highest BCUT2D eigenvalue weighted by molar-refractivity contribution is 6.27. The van der Waals surface area contributed by atoms with Crippen LogP contribution in [0.5, 0.6) is 0 Å². The Hall–Kier alpha value is -0.450. The predicted octanol–water partition coefficient (Wildman–Crippen LogP) is 0.945. The Bertz CT molecular complexity index is 133. The second-order valence-electron chi connectivity index (χ2n) is 1.80. The van der Waals surface area contributed by atoms with Crippen molar-refractivity contribution in [2.24, 2.45) is 0 Å². The first-order valence-electron chi connectivity index (χ1n) is 2.81. The van der Waals surface area contributed by atoms with E-state index in [0.717, 1.165) is 0 Å². The highest BCUT2D eigenvalue weighted by atomic mass is 35.5. The summed E-state index contributed by atoms with van der Waals surface area (Å²) in [7, 11) is 0. The van der Waals surface area contributed by atoms with Gasteiger partial charge in [-0.25, -0.2) is 13.2 Å². The van der Waals surface area contributed by atoms with Crippen LogP contribution in [0.25, 0.3) is 0 Å². The number of hydrogen-bond donors (Lipinski definition) is 1. The van der Waals surface area contributed by atoms with E-state index in [1.165, 1.54) is 0 Å². The standard InChI is InChI=1S/C5H7ClF3NO/c6-1-4(11)10-3(2-7)5(8)9/h3,5H,1-2H2,(H,10,11). The van der Waals surface area contributed by atoms with Gasteiger partial charge >= 0.3 is 0 Å². The normalized spacial score (nSPS) is 13.2. The number of carbonyl (C=O) groups is 1. The number of rotatable bonds is 4. The van der Waals surface area contributed by atoms with E-state index in [2.05, 4.69) is 0 Å². The second-order valence-corrected chi connectivity index (χ2v) is 2.06. The van der Waals surface area contributed by atoms with Crippen LogP contribution in [-0.4, -0.2) is 30.9 Å². The minimum Gasteiger partial charge on any atom is -0.344 e. The molecule has 0 rings (SSSR count). The summed E-state index contributed by atoms with van der Waals surface area (Å²) in [6.45, 7) is -1.29. The molecule has 0 aliphatic rings. The summed E-state index contributed by atoms with van der Waals surface area (Å²) in [4.78, 5) is 10.3. The molecule has 0 aliphatic carbocycles. The molecule has 0 fully saturated rings. The quantitative estimate of drug-likeness (QED) is 0.656. The molecular weight excluding hydrogens is 183 g/mol. The fourth-order valence-electron chi connectivity index (χ4n) is 0.414. The molecule has 0 spiro atoms. The molecule has 0 aliphatic heterocycles. The Balaban J connectivity index is 3.78. The number of hydrogen-bond acceptors (Lipinski definition) is 1. The van der Waals surface area contributed by atoms with Crippen molar-refractivity contribution in [2.75, 3.05) is 12.6 Å². The first-order valence-corrected chi connectivity index (χ1v) is 3.34. The number of carbonyl (C=O) groups excluding carboxylic acids is 1. The molecule has 6 heteroatoms. The van der Waals surface area contributed by atoms with Crippen molar-refractivity contribution < 1.29 is 18.0 Å². The number of alkyl halides is 4. The van der Waals surface area contributed by atoms with Gasteiger partial charge in [-0.05, 0) is 0 Å². The van der Waals surface area contributed by atoms with Crippen LogP contribution in [0.4, 0.5) is 13.2 Å². The fraction of sp³-hybridized carbons (Fsp3) is 0.800. The SMILES string of the molecule is O=C(CCl)NC(CF)C(F)F. The van der Waals surface area contributed by atoms with Crippen molar-refractivity contribution in [3.8, 4) is 0 Å². The van der Waals surface area contributed by atoms with Gasteiger partial charge in [0.05, 0.1) is 0 Å². The zero-order chi connectivity index (χ0) is 8.85. The van der Waals surface area contributed by atoms with E-state index in [1.807, 2.05) is 0 Å². The predicted molar refractivity (Wildman–Crippen MR) is 34.6 cm³/mol. The van der Waals surface area contributed by atoms with Crippen molar-refractivity contribution >= 4 is 17.5 Å². The van der Waals surface area contributed by atoms with Gasteiger partial charge < -0.3 is 5.32 Å². The van der Waals surface area contributed by atoms with E-state index < -0.39 is 30.9 Å². The first-order chi connectivity index (χ1) is 5.11. The number of amides is 1. The van der Waals surface area contributed by atoms with E-state index in [0.29, 0.717) is 0 Å². The Morgan fingerprint density at radius 1 is 1.55 bits per heavy atom. The van der Waals surface area contributed by atoms with Gasteiger partial charge in [0, 0.05) is 0 Å². The largest absolute Gasteiger partial charge is 0.344 e. The van der Waals surface area contributed by atoms with Crippen LogP contribution in [0.1, 0.15) is 0 Å². The molecule has 0 radical (unpaired) electrons. The van der Waals surface area contributed by atoms with Crippen LogP contribution in [-0.2, 0) is 4.79 Å². The molecule has 0 aromatic heterocycles. The molecule has 0 aromatic carbocycles. The zero-order valence-electron chi connectivity index (χ0n) is 5.49. The van der Waals surface area contributed by atoms with Crippen molar-refractivity contribution in [1.29, 1.82) is 0 Å². The van der Waals surface area contributed by atoms with Crippen molar-refractivity contribution in [3.63, 3.8) is 0 Å². The van der Waals surface area contributed by atoms with Crippen molar-refractivity contribution in [1.82, 2.24) is 5.32 Å². The molecule has 1 N–H and O–H groups in total. The first kappa shape index (κ1) is 10.6. The third-order valence-corrected chi connectivity index (χ3v) is 1.18. The monoisotopic (exact) mass is 189 g/mol. The summed E-state index contributed by atoms with van der Waals surface area (Å²) in [6, 6.07) is -1.73. The van der Waals surface area contributed by atoms with Crippen molar-refractivity contribution in [2.45, 2.75) is 12.5 Å². The molecule has 0 saturated carbocycles. The van der Waals surface area contributed by atoms with Gasteiger partial charge in [0.2, 0.25) is 5.91 Å². The molecule has 0 aromatic rings. The molecule has 1 atom stereocenters. The molecule has 0 bridgehead atoms. The lowest BCUT2D eigenvalue weighted by Gasteiger charge is -2.12. The van der Waals surface area contributed by atoms with Gasteiger partial charge in [0.1, 0.15) is 18.6 Å². The summed E-state index contributed by atoms with van der Waals surface area (Å²) in [6.07, 6.45) is -2.90. The summed E-state index contributed by atoms with van der Waals surface area (Å²) in [5, 5.41) is 1.72. The maximum atomic E-state index is 11.7. The summed E-state index contributed by atoms with van der Waals surface area (Å²) < 4.78 is 35.1. The van der Waals surface area contributed by atoms with Crippen LogP contribution in [0, 0.1) is 0 Å². The zero-order valence-corrected chi connectivity index (χ0v) is 6.24. The number of halogens is 4. The molecule has 11 heavy (non-hydrogen) atoms. The fourth-order valence-corrected chi connectivity index (χ4v) is 0.491. The Morgan fingerprint density at radius 3 is 2.36 bits per heavy atom. The maximum absolute atomic E-state index is 11.7. The van der Waals surface area contributed by atoms with Gasteiger partial charge in [-0.3, -0.25) is 4.79 Å². The summed E-state index contributed by atoms with van der Waals surface area (Å²) in [5.74, 6) is -1.24. The third-order valence-electron chi connectivity index (χ3n) is 0.938. The van der Waals surface area contributed by atoms with Crippen LogP contribution in [0.15, 0.2) is 0 Å². The van der Waals surface area contributed by atoms with E-state index in [4.69, 9.17) is 11.6 Å². The average Bonchev–Trinajstić information content (AvgIpc) is 1.99. The summed E-state index contributed by atoms with van der Waals surface area (Å²) in [5.41, 5.74) is 0. The molecule has 66 valence electrons. The highest BCUT2D eigenvalue weighted by Gasteiger charge is 2.21. The lowest BCUT2D eigenvalue weighted by Crippen LogP contribution is -2.42.